The summed E-state index contributed by atoms with van der Waals surface area (Å²) in [6.45, 7) is 8.18. The summed E-state index contributed by atoms with van der Waals surface area (Å²) in [6, 6.07) is 18.2. The predicted octanol–water partition coefficient (Wildman–Crippen LogP) is 8.72. The highest BCUT2D eigenvalue weighted by atomic mass is 32.2. The SMILES string of the molecule is C=CCOC12Oc3ccc(OC(=O)Nc4ccc(OC)cc4OC)cc3C3C(CCCCO)C(CCCCO)C=C(C(=NOCC)CC1Sc1ccc(NC(C)=O)cc1)C32. The van der Waals surface area contributed by atoms with E-state index in [0.29, 0.717) is 60.2 Å². The number of aliphatic hydroxyl groups excluding tert-OH is 2. The molecule has 1 saturated carbocycles. The lowest BCUT2D eigenvalue weighted by atomic mass is 9.56. The van der Waals surface area contributed by atoms with Gasteiger partial charge in [-0.2, -0.15) is 0 Å². The van der Waals surface area contributed by atoms with Crippen molar-refractivity contribution in [3.8, 4) is 23.0 Å². The topological polar surface area (TPSA) is 166 Å². The standard InChI is InChI=1S/C46H57N3O10S/c1-6-24-56-46-42(60-34-18-14-31(15-19-34)47-29(3)52)28-39(49-57-7-2)36-25-30(12-8-10-22-50)35(13-9-11-23-51)43(44(36)46)37-26-33(17-21-40(37)59-46)58-45(53)48-38-20-16-32(54-4)27-41(38)55-5/h6,14-21,25-27,30,35,42-44,50-51H,1,7-13,22-24,28H2,2-5H3,(H,47,52)(H,48,53). The fraction of sp³-hybridized carbons (Fsp3) is 0.457. The van der Waals surface area contributed by atoms with Gasteiger partial charge in [-0.15, -0.1) is 18.3 Å². The number of carbonyl (C=O) groups is 2. The number of anilines is 2. The van der Waals surface area contributed by atoms with Gasteiger partial charge in [0.2, 0.25) is 11.7 Å². The first kappa shape index (κ1) is 44.5. The number of allylic oxidation sites excluding steroid dienone is 1. The average Bonchev–Trinajstić information content (AvgIpc) is 3.24. The third-order valence-corrected chi connectivity index (χ3v) is 12.6. The lowest BCUT2D eigenvalue weighted by molar-refractivity contribution is -0.223. The van der Waals surface area contributed by atoms with Crippen LogP contribution in [0.5, 0.6) is 23.0 Å². The van der Waals surface area contributed by atoms with E-state index in [4.69, 9.17) is 33.7 Å². The van der Waals surface area contributed by atoms with E-state index in [0.717, 1.165) is 47.4 Å². The van der Waals surface area contributed by atoms with E-state index in [-0.39, 0.29) is 54.6 Å². The number of unbranched alkanes of at least 4 members (excludes halogenated alkanes) is 2. The maximum Gasteiger partial charge on any atom is 0.417 e. The van der Waals surface area contributed by atoms with E-state index in [1.54, 1.807) is 49.2 Å². The number of hydrogen-bond acceptors (Lipinski definition) is 12. The first-order chi connectivity index (χ1) is 29.2. The first-order valence-corrected chi connectivity index (χ1v) is 21.5. The lowest BCUT2D eigenvalue weighted by Crippen LogP contribution is -2.64. The molecule has 2 aliphatic carbocycles. The van der Waals surface area contributed by atoms with Gasteiger partial charge in [0.25, 0.3) is 0 Å². The molecule has 60 heavy (non-hydrogen) atoms. The fourth-order valence-corrected chi connectivity index (χ4v) is 10.0. The van der Waals surface area contributed by atoms with Crippen molar-refractivity contribution in [1.82, 2.24) is 0 Å². The summed E-state index contributed by atoms with van der Waals surface area (Å²) in [7, 11) is 3.07. The van der Waals surface area contributed by atoms with Gasteiger partial charge in [0.15, 0.2) is 0 Å². The summed E-state index contributed by atoms with van der Waals surface area (Å²) >= 11 is 1.62. The summed E-state index contributed by atoms with van der Waals surface area (Å²) in [6.07, 6.45) is 8.40. The highest BCUT2D eigenvalue weighted by Crippen LogP contribution is 2.63. The smallest absolute Gasteiger partial charge is 0.417 e. The largest absolute Gasteiger partial charge is 0.497 e. The van der Waals surface area contributed by atoms with E-state index in [1.807, 2.05) is 43.3 Å². The molecule has 6 unspecified atom stereocenters. The van der Waals surface area contributed by atoms with Gasteiger partial charge in [-0.05, 0) is 105 Å². The Morgan fingerprint density at radius 1 is 0.967 bits per heavy atom. The maximum absolute atomic E-state index is 13.5. The number of thioether (sulfide) groups is 1. The Morgan fingerprint density at radius 3 is 2.40 bits per heavy atom. The van der Waals surface area contributed by atoms with Crippen LogP contribution in [-0.4, -0.2) is 79.6 Å². The number of aliphatic hydroxyl groups is 2. The van der Waals surface area contributed by atoms with Crippen LogP contribution in [0.3, 0.4) is 0 Å². The predicted molar refractivity (Wildman–Crippen MR) is 232 cm³/mol. The molecule has 6 atom stereocenters. The van der Waals surface area contributed by atoms with Crippen molar-refractivity contribution in [2.24, 2.45) is 22.9 Å². The van der Waals surface area contributed by atoms with Crippen molar-refractivity contribution in [3.63, 3.8) is 0 Å². The monoisotopic (exact) mass is 843 g/mol. The van der Waals surface area contributed by atoms with Crippen molar-refractivity contribution in [1.29, 1.82) is 0 Å². The molecule has 3 aliphatic rings. The van der Waals surface area contributed by atoms with Gasteiger partial charge in [0.05, 0.1) is 43.4 Å². The summed E-state index contributed by atoms with van der Waals surface area (Å²) in [5, 5.41) is 29.8. The Labute approximate surface area is 356 Å². The van der Waals surface area contributed by atoms with E-state index in [1.165, 1.54) is 14.0 Å². The third kappa shape index (κ3) is 10.1. The number of rotatable bonds is 20. The average molecular weight is 844 g/mol. The number of carbonyl (C=O) groups excluding carboxylic acids is 2. The molecule has 3 aromatic carbocycles. The van der Waals surface area contributed by atoms with Crippen molar-refractivity contribution < 1.29 is 48.3 Å². The van der Waals surface area contributed by atoms with Gasteiger partial charge in [0.1, 0.15) is 29.6 Å². The number of ether oxygens (including phenoxy) is 5. The molecule has 0 spiro atoms. The summed E-state index contributed by atoms with van der Waals surface area (Å²) in [5.74, 6) is 0.133. The number of nitrogens with zero attached hydrogens (tertiary/aromatic N) is 1. The van der Waals surface area contributed by atoms with Crippen LogP contribution in [0.2, 0.25) is 0 Å². The molecule has 1 aliphatic heterocycles. The van der Waals surface area contributed by atoms with E-state index < -0.39 is 11.9 Å². The Balaban J connectivity index is 1.48. The molecule has 0 radical (unpaired) electrons. The Morgan fingerprint density at radius 2 is 1.72 bits per heavy atom. The lowest BCUT2D eigenvalue weighted by Gasteiger charge is -2.58. The molecule has 322 valence electrons. The van der Waals surface area contributed by atoms with Crippen molar-refractivity contribution in [3.05, 3.63) is 90.5 Å². The number of amides is 2. The third-order valence-electron chi connectivity index (χ3n) is 11.2. The molecule has 0 aromatic heterocycles. The van der Waals surface area contributed by atoms with Gasteiger partial charge >= 0.3 is 6.09 Å². The number of fused-ring (bicyclic) bond motifs is 2. The summed E-state index contributed by atoms with van der Waals surface area (Å²) in [5.41, 5.74) is 3.79. The molecule has 4 N–H and O–H groups in total. The van der Waals surface area contributed by atoms with Gasteiger partial charge in [-0.3, -0.25) is 10.1 Å². The minimum atomic E-state index is -1.21. The summed E-state index contributed by atoms with van der Waals surface area (Å²) < 4.78 is 31.0. The molecule has 6 rings (SSSR count). The van der Waals surface area contributed by atoms with Gasteiger partial charge in [0, 0.05) is 54.7 Å². The van der Waals surface area contributed by atoms with E-state index in [9.17, 15) is 19.8 Å². The zero-order chi connectivity index (χ0) is 42.6. The molecule has 1 fully saturated rings. The first-order valence-electron chi connectivity index (χ1n) is 20.6. The fourth-order valence-electron chi connectivity index (χ4n) is 8.76. The molecule has 14 heteroatoms. The second kappa shape index (κ2) is 21.0. The number of benzene rings is 3. The van der Waals surface area contributed by atoms with Gasteiger partial charge < -0.3 is 44.1 Å². The number of oxime groups is 1. The zero-order valence-corrected chi connectivity index (χ0v) is 35.6. The Kier molecular flexibility index (Phi) is 15.6. The number of nitrogens with one attached hydrogen (secondary N) is 2. The van der Waals surface area contributed by atoms with Crippen LogP contribution in [0.25, 0.3) is 0 Å². The van der Waals surface area contributed by atoms with Crippen LogP contribution >= 0.6 is 11.8 Å². The number of methoxy groups -OCH3 is 2. The van der Waals surface area contributed by atoms with E-state index >= 15 is 0 Å². The Bertz CT molecular complexity index is 2020. The second-order valence-electron chi connectivity index (χ2n) is 15.1. The van der Waals surface area contributed by atoms with Crippen molar-refractivity contribution in [2.45, 2.75) is 80.6 Å². The molecular formula is C46H57N3O10S. The van der Waals surface area contributed by atoms with Crippen LogP contribution in [0, 0.1) is 17.8 Å². The van der Waals surface area contributed by atoms with Crippen LogP contribution in [-0.2, 0) is 14.4 Å². The molecule has 3 aromatic rings. The van der Waals surface area contributed by atoms with Crippen LogP contribution in [0.15, 0.2) is 95.0 Å². The quantitative estimate of drug-likeness (QED) is 0.0488. The van der Waals surface area contributed by atoms with Crippen LogP contribution < -0.4 is 29.6 Å². The minimum absolute atomic E-state index is 0.0556. The molecule has 1 heterocycles. The zero-order valence-electron chi connectivity index (χ0n) is 34.8. The molecular weight excluding hydrogens is 787 g/mol. The second-order valence-corrected chi connectivity index (χ2v) is 16.3. The van der Waals surface area contributed by atoms with Crippen LogP contribution in [0.4, 0.5) is 16.2 Å². The van der Waals surface area contributed by atoms with Crippen molar-refractivity contribution >= 4 is 40.8 Å². The minimum Gasteiger partial charge on any atom is -0.497 e. The van der Waals surface area contributed by atoms with Crippen LogP contribution in [0.1, 0.15) is 70.3 Å². The van der Waals surface area contributed by atoms with Gasteiger partial charge in [-0.1, -0.05) is 30.1 Å². The van der Waals surface area contributed by atoms with Crippen molar-refractivity contribution in [2.75, 3.05) is 51.3 Å². The summed E-state index contributed by atoms with van der Waals surface area (Å²) in [4.78, 5) is 32.0. The normalized spacial score (nSPS) is 23.3. The highest BCUT2D eigenvalue weighted by molar-refractivity contribution is 8.00. The highest BCUT2D eigenvalue weighted by Gasteiger charge is 2.64. The molecule has 13 nitrogen and oxygen atoms in total. The van der Waals surface area contributed by atoms with Gasteiger partial charge in [-0.25, -0.2) is 4.79 Å². The molecule has 0 saturated heterocycles. The number of hydrogen-bond donors (Lipinski definition) is 4. The molecule has 0 bridgehead atoms. The molecule has 2 amide bonds. The van der Waals surface area contributed by atoms with E-state index in [2.05, 4.69) is 23.3 Å². The maximum atomic E-state index is 13.5. The Hall–Kier alpha value is -5.02.